The molecule has 3 rings (SSSR count). The van der Waals surface area contributed by atoms with Crippen molar-refractivity contribution in [1.82, 2.24) is 0 Å². The van der Waals surface area contributed by atoms with Crippen LogP contribution in [0.15, 0.2) is 77.7 Å². The third kappa shape index (κ3) is 6.02. The molecule has 0 N–H and O–H groups in total. The van der Waals surface area contributed by atoms with Crippen molar-refractivity contribution in [1.29, 1.82) is 0 Å². The number of ether oxygens (including phenoxy) is 3. The minimum absolute atomic E-state index is 0.275. The van der Waals surface area contributed by atoms with Gasteiger partial charge in [0.1, 0.15) is 12.4 Å². The van der Waals surface area contributed by atoms with Crippen LogP contribution >= 0.6 is 11.9 Å². The van der Waals surface area contributed by atoms with Crippen molar-refractivity contribution in [3.05, 3.63) is 89.5 Å². The Morgan fingerprint density at radius 1 is 0.839 bits per heavy atom. The van der Waals surface area contributed by atoms with E-state index in [0.717, 1.165) is 16.2 Å². The molecular formula is C24H23NO5S. The number of hydrogen-bond donors (Lipinski definition) is 0. The number of nitrogens with zero attached hydrogens (tertiary/aromatic N) is 1. The summed E-state index contributed by atoms with van der Waals surface area (Å²) in [5.41, 5.74) is 2.32. The number of hydrogen-bond acceptors (Lipinski definition) is 7. The fourth-order valence-corrected chi connectivity index (χ4v) is 3.60. The minimum atomic E-state index is -0.523. The van der Waals surface area contributed by atoms with Crippen LogP contribution in [-0.4, -0.2) is 33.2 Å². The summed E-state index contributed by atoms with van der Waals surface area (Å²) < 4.78 is 17.3. The highest BCUT2D eigenvalue weighted by Crippen LogP contribution is 2.30. The van der Waals surface area contributed by atoms with Gasteiger partial charge < -0.3 is 18.5 Å². The van der Waals surface area contributed by atoms with E-state index in [2.05, 4.69) is 0 Å². The third-order valence-electron chi connectivity index (χ3n) is 4.44. The molecule has 0 bridgehead atoms. The zero-order valence-electron chi connectivity index (χ0n) is 17.5. The van der Waals surface area contributed by atoms with Crippen molar-refractivity contribution in [2.45, 2.75) is 11.5 Å². The molecule has 31 heavy (non-hydrogen) atoms. The number of esters is 2. The highest BCUT2D eigenvalue weighted by atomic mass is 32.2. The van der Waals surface area contributed by atoms with Crippen LogP contribution in [0, 0.1) is 0 Å². The molecular weight excluding hydrogens is 414 g/mol. The Kier molecular flexibility index (Phi) is 7.56. The number of benzene rings is 3. The van der Waals surface area contributed by atoms with Gasteiger partial charge in [-0.3, -0.25) is 0 Å². The van der Waals surface area contributed by atoms with E-state index < -0.39 is 11.9 Å². The predicted octanol–water partition coefficient (Wildman–Crippen LogP) is 4.98. The Labute approximate surface area is 185 Å². The number of methoxy groups -OCH3 is 2. The van der Waals surface area contributed by atoms with Gasteiger partial charge in [0.25, 0.3) is 0 Å². The first-order valence-corrected chi connectivity index (χ1v) is 10.3. The normalized spacial score (nSPS) is 10.3. The van der Waals surface area contributed by atoms with Gasteiger partial charge >= 0.3 is 11.9 Å². The molecule has 160 valence electrons. The Hall–Kier alpha value is -3.45. The van der Waals surface area contributed by atoms with Gasteiger partial charge in [0, 0.05) is 17.6 Å². The first kappa shape index (κ1) is 22.2. The lowest BCUT2D eigenvalue weighted by molar-refractivity contribution is 0.0599. The molecule has 7 heteroatoms. The SMILES string of the molecule is COC(=O)c1cc(C(=O)OC)cc(N(C)Sc2ccc(OCc3ccccc3)cc2)c1. The largest absolute Gasteiger partial charge is 0.489 e. The van der Waals surface area contributed by atoms with E-state index in [-0.39, 0.29) is 11.1 Å². The molecule has 0 saturated heterocycles. The van der Waals surface area contributed by atoms with Crippen molar-refractivity contribution < 1.29 is 23.8 Å². The van der Waals surface area contributed by atoms with E-state index in [1.165, 1.54) is 32.2 Å². The second-order valence-electron chi connectivity index (χ2n) is 6.59. The fraction of sp³-hybridized carbons (Fsp3) is 0.167. The molecule has 0 aliphatic rings. The van der Waals surface area contributed by atoms with Gasteiger partial charge in [-0.15, -0.1) is 0 Å². The van der Waals surface area contributed by atoms with Crippen LogP contribution in [0.3, 0.4) is 0 Å². The maximum Gasteiger partial charge on any atom is 0.337 e. The molecule has 3 aromatic carbocycles. The van der Waals surface area contributed by atoms with Crippen molar-refractivity contribution in [3.63, 3.8) is 0 Å². The topological polar surface area (TPSA) is 65.1 Å². The van der Waals surface area contributed by atoms with Crippen LogP contribution in [0.4, 0.5) is 5.69 Å². The van der Waals surface area contributed by atoms with Crippen LogP contribution in [0.2, 0.25) is 0 Å². The van der Waals surface area contributed by atoms with Gasteiger partial charge in [0.2, 0.25) is 0 Å². The van der Waals surface area contributed by atoms with Crippen LogP contribution in [0.1, 0.15) is 26.3 Å². The van der Waals surface area contributed by atoms with Gasteiger partial charge in [-0.2, -0.15) is 0 Å². The highest BCUT2D eigenvalue weighted by molar-refractivity contribution is 8.00. The average Bonchev–Trinajstić information content (AvgIpc) is 2.82. The first-order chi connectivity index (χ1) is 15.0. The van der Waals surface area contributed by atoms with E-state index >= 15 is 0 Å². The molecule has 0 saturated carbocycles. The Morgan fingerprint density at radius 2 is 1.42 bits per heavy atom. The van der Waals surface area contributed by atoms with Gasteiger partial charge in [-0.25, -0.2) is 9.59 Å². The molecule has 0 radical (unpaired) electrons. The molecule has 0 unspecified atom stereocenters. The van der Waals surface area contributed by atoms with Gasteiger partial charge in [0.15, 0.2) is 0 Å². The summed E-state index contributed by atoms with van der Waals surface area (Å²) in [6.45, 7) is 0.504. The van der Waals surface area contributed by atoms with E-state index in [0.29, 0.717) is 12.3 Å². The standard InChI is InChI=1S/C24H23NO5S/c1-25(20-14-18(23(26)28-2)13-19(15-20)24(27)29-3)31-22-11-9-21(10-12-22)30-16-17-7-5-4-6-8-17/h4-15H,16H2,1-3H3. The van der Waals surface area contributed by atoms with Crippen molar-refractivity contribution in [3.8, 4) is 5.75 Å². The molecule has 0 atom stereocenters. The summed E-state index contributed by atoms with van der Waals surface area (Å²) in [7, 11) is 4.45. The van der Waals surface area contributed by atoms with Crippen LogP contribution in [-0.2, 0) is 16.1 Å². The summed E-state index contributed by atoms with van der Waals surface area (Å²) in [4.78, 5) is 25.0. The molecule has 0 aromatic heterocycles. The summed E-state index contributed by atoms with van der Waals surface area (Å²) >= 11 is 1.45. The monoisotopic (exact) mass is 437 g/mol. The summed E-state index contributed by atoms with van der Waals surface area (Å²) in [6, 6.07) is 22.5. The summed E-state index contributed by atoms with van der Waals surface area (Å²) in [5, 5.41) is 0. The highest BCUT2D eigenvalue weighted by Gasteiger charge is 2.16. The van der Waals surface area contributed by atoms with Gasteiger partial charge in [-0.05, 0) is 60.0 Å². The molecule has 0 aliphatic heterocycles. The zero-order valence-corrected chi connectivity index (χ0v) is 18.3. The van der Waals surface area contributed by atoms with Crippen molar-refractivity contribution >= 4 is 29.6 Å². The van der Waals surface area contributed by atoms with Crippen molar-refractivity contribution in [2.24, 2.45) is 0 Å². The maximum atomic E-state index is 12.0. The van der Waals surface area contributed by atoms with E-state index in [4.69, 9.17) is 14.2 Å². The first-order valence-electron chi connectivity index (χ1n) is 9.50. The van der Waals surface area contributed by atoms with Gasteiger partial charge in [0.05, 0.1) is 25.3 Å². The number of anilines is 1. The molecule has 0 amide bonds. The quantitative estimate of drug-likeness (QED) is 0.364. The Bertz CT molecular complexity index is 1000. The van der Waals surface area contributed by atoms with Crippen LogP contribution in [0.25, 0.3) is 0 Å². The molecule has 0 aliphatic carbocycles. The lowest BCUT2D eigenvalue weighted by Gasteiger charge is -2.19. The second-order valence-corrected chi connectivity index (χ2v) is 7.79. The second kappa shape index (κ2) is 10.5. The number of carbonyl (C=O) groups is 2. The summed E-state index contributed by atoms with van der Waals surface area (Å²) in [6.07, 6.45) is 0. The molecule has 3 aromatic rings. The molecule has 0 spiro atoms. The smallest absolute Gasteiger partial charge is 0.337 e. The molecule has 0 fully saturated rings. The fourth-order valence-electron chi connectivity index (χ4n) is 2.81. The zero-order chi connectivity index (χ0) is 22.2. The summed E-state index contributed by atoms with van der Waals surface area (Å²) in [5.74, 6) is -0.271. The molecule has 0 heterocycles. The van der Waals surface area contributed by atoms with Crippen molar-refractivity contribution in [2.75, 3.05) is 25.6 Å². The van der Waals surface area contributed by atoms with E-state index in [1.54, 1.807) is 12.1 Å². The molecule has 6 nitrogen and oxygen atoms in total. The van der Waals surface area contributed by atoms with E-state index in [9.17, 15) is 9.59 Å². The van der Waals surface area contributed by atoms with Gasteiger partial charge in [-0.1, -0.05) is 30.3 Å². The number of rotatable bonds is 8. The average molecular weight is 438 g/mol. The van der Waals surface area contributed by atoms with Crippen LogP contribution in [0.5, 0.6) is 5.75 Å². The van der Waals surface area contributed by atoms with E-state index in [1.807, 2.05) is 66.0 Å². The third-order valence-corrected chi connectivity index (χ3v) is 5.41. The Balaban J connectivity index is 1.70. The maximum absolute atomic E-state index is 12.0. The predicted molar refractivity (Wildman–Crippen MR) is 121 cm³/mol. The Morgan fingerprint density at radius 3 is 1.97 bits per heavy atom. The lowest BCUT2D eigenvalue weighted by atomic mass is 10.1. The lowest BCUT2D eigenvalue weighted by Crippen LogP contribution is -2.12. The number of carbonyl (C=O) groups excluding carboxylic acids is 2. The van der Waals surface area contributed by atoms with Crippen LogP contribution < -0.4 is 9.04 Å². The minimum Gasteiger partial charge on any atom is -0.489 e.